The number of imide groups is 1. The van der Waals surface area contributed by atoms with Gasteiger partial charge in [-0.25, -0.2) is 0 Å². The number of aryl methyl sites for hydroxylation is 1. The molecule has 0 spiro atoms. The molecule has 1 heterocycles. The van der Waals surface area contributed by atoms with Gasteiger partial charge in [-0.1, -0.05) is 19.4 Å². The Labute approximate surface area is 148 Å². The molecule has 0 radical (unpaired) electrons. The Morgan fingerprint density at radius 1 is 1.32 bits per heavy atom. The van der Waals surface area contributed by atoms with Gasteiger partial charge in [0.05, 0.1) is 0 Å². The Hall–Kier alpha value is -2.21. The van der Waals surface area contributed by atoms with Crippen molar-refractivity contribution in [3.05, 3.63) is 34.4 Å². The first kappa shape index (κ1) is 19.1. The number of hydrogen-bond donors (Lipinski definition) is 2. The minimum atomic E-state index is -0.164. The van der Waals surface area contributed by atoms with Gasteiger partial charge in [0.1, 0.15) is 0 Å². The summed E-state index contributed by atoms with van der Waals surface area (Å²) in [5.74, 6) is 0.190. The van der Waals surface area contributed by atoms with E-state index in [0.29, 0.717) is 18.9 Å². The second-order valence-corrected chi connectivity index (χ2v) is 6.95. The van der Waals surface area contributed by atoms with E-state index < -0.39 is 0 Å². The van der Waals surface area contributed by atoms with Gasteiger partial charge >= 0.3 is 0 Å². The van der Waals surface area contributed by atoms with Gasteiger partial charge in [0, 0.05) is 23.7 Å². The highest BCUT2D eigenvalue weighted by Gasteiger charge is 2.42. The van der Waals surface area contributed by atoms with E-state index in [4.69, 9.17) is 15.3 Å². The van der Waals surface area contributed by atoms with E-state index in [9.17, 15) is 4.79 Å². The third-order valence-corrected chi connectivity index (χ3v) is 5.03. The van der Waals surface area contributed by atoms with E-state index in [2.05, 4.69) is 32.9 Å². The minimum absolute atomic E-state index is 0.164. The molecular formula is C19H27N3O3. The fraction of sp³-hybridized carbons (Fsp3) is 0.526. The summed E-state index contributed by atoms with van der Waals surface area (Å²) < 4.78 is 0. The Kier molecular flexibility index (Phi) is 5.95. The van der Waals surface area contributed by atoms with Crippen LogP contribution in [0.5, 0.6) is 0 Å². The zero-order valence-electron chi connectivity index (χ0n) is 15.2. The molecule has 0 aromatic heterocycles. The molecule has 1 atom stereocenters. The lowest BCUT2D eigenvalue weighted by Crippen LogP contribution is -2.33. The highest BCUT2D eigenvalue weighted by molar-refractivity contribution is 5.99. The Morgan fingerprint density at radius 2 is 1.96 bits per heavy atom. The summed E-state index contributed by atoms with van der Waals surface area (Å²) in [5, 5.41) is 1.75. The maximum atomic E-state index is 12.6. The van der Waals surface area contributed by atoms with E-state index in [1.54, 1.807) is 5.32 Å². The van der Waals surface area contributed by atoms with Crippen LogP contribution in [0, 0.1) is 6.92 Å². The van der Waals surface area contributed by atoms with Gasteiger partial charge < -0.3 is 16.0 Å². The number of benzene rings is 1. The number of nitrogens with zero attached hydrogens (tertiary/aromatic N) is 1. The molecule has 1 fully saturated rings. The minimum Gasteiger partial charge on any atom is -0.332 e. The monoisotopic (exact) mass is 345 g/mol. The number of carbonyl (C=O) groups is 3. The summed E-state index contributed by atoms with van der Waals surface area (Å²) in [7, 11) is 0. The standard InChI is InChI=1S/C17H24N2O.C2H3NO2/c1-4-5-12(3)19-10-15-11(2)8-13(17(18)6-7-17)9-14(15)16(19)20;4-1-3-2-5/h8-9,12H,4-7,10,18H2,1-3H3;1-2H,(H,3,4,5). The predicted octanol–water partition coefficient (Wildman–Crippen LogP) is 1.98. The number of rotatable bonds is 6. The quantitative estimate of drug-likeness (QED) is 0.771. The summed E-state index contributed by atoms with van der Waals surface area (Å²) in [6, 6.07) is 4.55. The molecular weight excluding hydrogens is 318 g/mol. The van der Waals surface area contributed by atoms with E-state index in [0.717, 1.165) is 43.4 Å². The molecule has 1 aromatic rings. The first-order valence-corrected chi connectivity index (χ1v) is 8.75. The van der Waals surface area contributed by atoms with Crippen molar-refractivity contribution in [1.82, 2.24) is 10.2 Å². The van der Waals surface area contributed by atoms with Crippen molar-refractivity contribution in [3.63, 3.8) is 0 Å². The van der Waals surface area contributed by atoms with E-state index in [1.165, 1.54) is 11.1 Å². The third-order valence-electron chi connectivity index (χ3n) is 5.03. The second-order valence-electron chi connectivity index (χ2n) is 6.95. The van der Waals surface area contributed by atoms with Gasteiger partial charge in [0.15, 0.2) is 0 Å². The van der Waals surface area contributed by atoms with Crippen LogP contribution in [0.3, 0.4) is 0 Å². The highest BCUT2D eigenvalue weighted by atomic mass is 16.2. The van der Waals surface area contributed by atoms with Crippen molar-refractivity contribution in [2.45, 2.75) is 64.6 Å². The number of amides is 3. The fourth-order valence-electron chi connectivity index (χ4n) is 3.28. The Balaban J connectivity index is 0.000000399. The van der Waals surface area contributed by atoms with Crippen LogP contribution in [0.4, 0.5) is 0 Å². The normalized spacial score (nSPS) is 17.9. The molecule has 25 heavy (non-hydrogen) atoms. The van der Waals surface area contributed by atoms with Crippen LogP contribution < -0.4 is 11.1 Å². The molecule has 6 heteroatoms. The van der Waals surface area contributed by atoms with Crippen LogP contribution in [-0.2, 0) is 21.7 Å². The number of nitrogens with two attached hydrogens (primary N) is 1. The molecule has 1 unspecified atom stereocenters. The van der Waals surface area contributed by atoms with Gasteiger partial charge in [-0.15, -0.1) is 0 Å². The molecule has 136 valence electrons. The van der Waals surface area contributed by atoms with Crippen molar-refractivity contribution in [2.75, 3.05) is 0 Å². The SMILES string of the molecule is CCCC(C)N1Cc2c(C)cc(C3(N)CC3)cc2C1=O.O=CNC=O. The molecule has 0 bridgehead atoms. The number of carbonyl (C=O) groups excluding carboxylic acids is 3. The first-order chi connectivity index (χ1) is 11.9. The van der Waals surface area contributed by atoms with Crippen LogP contribution in [0.1, 0.15) is 66.6 Å². The molecule has 1 saturated carbocycles. The van der Waals surface area contributed by atoms with Gasteiger partial charge in [0.2, 0.25) is 12.8 Å². The summed E-state index contributed by atoms with van der Waals surface area (Å²) in [6.07, 6.45) is 4.87. The van der Waals surface area contributed by atoms with E-state index in [1.807, 2.05) is 4.90 Å². The summed E-state index contributed by atoms with van der Waals surface area (Å²) >= 11 is 0. The fourth-order valence-corrected chi connectivity index (χ4v) is 3.28. The first-order valence-electron chi connectivity index (χ1n) is 8.75. The van der Waals surface area contributed by atoms with Crippen molar-refractivity contribution in [3.8, 4) is 0 Å². The zero-order valence-corrected chi connectivity index (χ0v) is 15.2. The Morgan fingerprint density at radius 3 is 2.44 bits per heavy atom. The third kappa shape index (κ3) is 4.07. The molecule has 1 aliphatic carbocycles. The lowest BCUT2D eigenvalue weighted by atomic mass is 9.96. The Bertz CT molecular complexity index is 662. The summed E-state index contributed by atoms with van der Waals surface area (Å²) in [6.45, 7) is 7.18. The van der Waals surface area contributed by atoms with Crippen LogP contribution >= 0.6 is 0 Å². The molecule has 3 amide bonds. The van der Waals surface area contributed by atoms with E-state index >= 15 is 0 Å². The summed E-state index contributed by atoms with van der Waals surface area (Å²) in [5.41, 5.74) is 10.6. The molecule has 3 rings (SSSR count). The van der Waals surface area contributed by atoms with Gasteiger partial charge in [-0.3, -0.25) is 14.4 Å². The molecule has 6 nitrogen and oxygen atoms in total. The predicted molar refractivity (Wildman–Crippen MR) is 95.8 cm³/mol. The molecule has 2 aliphatic rings. The summed E-state index contributed by atoms with van der Waals surface area (Å²) in [4.78, 5) is 32.8. The largest absolute Gasteiger partial charge is 0.332 e. The zero-order chi connectivity index (χ0) is 18.6. The number of nitrogens with one attached hydrogen (secondary N) is 1. The van der Waals surface area contributed by atoms with Gasteiger partial charge in [-0.05, 0) is 55.9 Å². The van der Waals surface area contributed by atoms with Crippen LogP contribution in [0.25, 0.3) is 0 Å². The highest BCUT2D eigenvalue weighted by Crippen LogP contribution is 2.44. The smallest absolute Gasteiger partial charge is 0.254 e. The number of hydrogen-bond acceptors (Lipinski definition) is 4. The maximum Gasteiger partial charge on any atom is 0.254 e. The molecule has 1 aromatic carbocycles. The lowest BCUT2D eigenvalue weighted by Gasteiger charge is -2.23. The van der Waals surface area contributed by atoms with Crippen molar-refractivity contribution < 1.29 is 14.4 Å². The van der Waals surface area contributed by atoms with Crippen LogP contribution in [-0.4, -0.2) is 29.7 Å². The van der Waals surface area contributed by atoms with Crippen molar-refractivity contribution >= 4 is 18.7 Å². The van der Waals surface area contributed by atoms with Crippen LogP contribution in [0.2, 0.25) is 0 Å². The van der Waals surface area contributed by atoms with E-state index in [-0.39, 0.29) is 11.4 Å². The van der Waals surface area contributed by atoms with Gasteiger partial charge in [-0.2, -0.15) is 0 Å². The average Bonchev–Trinajstić information content (AvgIpc) is 3.24. The van der Waals surface area contributed by atoms with Crippen LogP contribution in [0.15, 0.2) is 12.1 Å². The lowest BCUT2D eigenvalue weighted by molar-refractivity contribution is -0.117. The average molecular weight is 345 g/mol. The van der Waals surface area contributed by atoms with Gasteiger partial charge in [0.25, 0.3) is 5.91 Å². The molecule has 1 aliphatic heterocycles. The maximum absolute atomic E-state index is 12.6. The molecule has 3 N–H and O–H groups in total. The second kappa shape index (κ2) is 7.78. The topological polar surface area (TPSA) is 92.5 Å². The number of fused-ring (bicyclic) bond motifs is 1. The van der Waals surface area contributed by atoms with Crippen molar-refractivity contribution in [1.29, 1.82) is 0 Å². The molecule has 0 saturated heterocycles. The van der Waals surface area contributed by atoms with Crippen molar-refractivity contribution in [2.24, 2.45) is 5.73 Å².